The van der Waals surface area contributed by atoms with Crippen molar-refractivity contribution in [3.63, 3.8) is 0 Å². The average molecular weight is 440 g/mol. The summed E-state index contributed by atoms with van der Waals surface area (Å²) in [5.74, 6) is -3.01. The standard InChI is InChI=1S/C20H24O11/c1-10(22)27-15-16(28-11(2)23)18(29-12(3)24)20(31-17(15)19(25)26-4)30-14-7-5-13(9-21)6-8-14/h5-8,15-18,20-21H,9H2,1-4H3. The number of carbonyl (C=O) groups excluding carboxylic acids is 4. The molecule has 5 atom stereocenters. The minimum atomic E-state index is -1.54. The van der Waals surface area contributed by atoms with E-state index in [1.807, 2.05) is 0 Å². The number of esters is 4. The van der Waals surface area contributed by atoms with E-state index >= 15 is 0 Å². The number of aliphatic hydroxyl groups excluding tert-OH is 1. The van der Waals surface area contributed by atoms with E-state index < -0.39 is 54.6 Å². The van der Waals surface area contributed by atoms with Crippen LogP contribution in [0.1, 0.15) is 26.3 Å². The molecule has 11 heteroatoms. The zero-order valence-corrected chi connectivity index (χ0v) is 17.4. The zero-order valence-electron chi connectivity index (χ0n) is 17.4. The number of benzene rings is 1. The summed E-state index contributed by atoms with van der Waals surface area (Å²) >= 11 is 0. The predicted octanol–water partition coefficient (Wildman–Crippen LogP) is 0.251. The Kier molecular flexibility index (Phi) is 8.34. The number of hydrogen-bond acceptors (Lipinski definition) is 11. The quantitative estimate of drug-likeness (QED) is 0.460. The molecule has 1 N–H and O–H groups in total. The van der Waals surface area contributed by atoms with Crippen molar-refractivity contribution < 1.29 is 52.7 Å². The molecule has 0 saturated carbocycles. The number of methoxy groups -OCH3 is 1. The molecule has 31 heavy (non-hydrogen) atoms. The van der Waals surface area contributed by atoms with Gasteiger partial charge in [0.05, 0.1) is 13.7 Å². The lowest BCUT2D eigenvalue weighted by atomic mass is 9.97. The number of rotatable bonds is 7. The Hall–Kier alpha value is -3.18. The Bertz CT molecular complexity index is 804. The van der Waals surface area contributed by atoms with Gasteiger partial charge in [0.1, 0.15) is 5.75 Å². The third kappa shape index (κ3) is 6.40. The summed E-state index contributed by atoms with van der Waals surface area (Å²) in [5, 5.41) is 9.17. The molecule has 1 aromatic rings. The molecule has 2 rings (SSSR count). The molecule has 1 fully saturated rings. The lowest BCUT2D eigenvalue weighted by molar-refractivity contribution is -0.282. The maximum absolute atomic E-state index is 12.3. The lowest BCUT2D eigenvalue weighted by Crippen LogP contribution is -2.64. The summed E-state index contributed by atoms with van der Waals surface area (Å²) in [6, 6.07) is 6.21. The molecule has 1 heterocycles. The minimum absolute atomic E-state index is 0.181. The highest BCUT2D eigenvalue weighted by Crippen LogP contribution is 2.31. The molecule has 0 radical (unpaired) electrons. The van der Waals surface area contributed by atoms with Gasteiger partial charge in [0.25, 0.3) is 0 Å². The van der Waals surface area contributed by atoms with Gasteiger partial charge in [-0.25, -0.2) is 4.79 Å². The van der Waals surface area contributed by atoms with Crippen LogP contribution in [0.5, 0.6) is 5.75 Å². The fourth-order valence-electron chi connectivity index (χ4n) is 2.98. The molecule has 170 valence electrons. The third-order valence-corrected chi connectivity index (χ3v) is 4.19. The number of aliphatic hydroxyl groups is 1. The van der Waals surface area contributed by atoms with Gasteiger partial charge in [-0.1, -0.05) is 12.1 Å². The summed E-state index contributed by atoms with van der Waals surface area (Å²) in [6.07, 6.45) is -7.24. The molecule has 5 unspecified atom stereocenters. The maximum atomic E-state index is 12.3. The van der Waals surface area contributed by atoms with E-state index in [1.165, 1.54) is 12.1 Å². The van der Waals surface area contributed by atoms with Crippen LogP contribution in [0, 0.1) is 0 Å². The normalized spacial score (nSPS) is 25.1. The van der Waals surface area contributed by atoms with Gasteiger partial charge in [0, 0.05) is 20.8 Å². The minimum Gasteiger partial charge on any atom is -0.467 e. The van der Waals surface area contributed by atoms with Crippen LogP contribution >= 0.6 is 0 Å². The molecule has 0 amide bonds. The van der Waals surface area contributed by atoms with Crippen LogP contribution in [0.15, 0.2) is 24.3 Å². The second-order valence-corrected chi connectivity index (χ2v) is 6.59. The van der Waals surface area contributed by atoms with Crippen molar-refractivity contribution in [3.8, 4) is 5.75 Å². The van der Waals surface area contributed by atoms with E-state index in [1.54, 1.807) is 12.1 Å². The van der Waals surface area contributed by atoms with Crippen molar-refractivity contribution in [2.75, 3.05) is 7.11 Å². The molecular weight excluding hydrogens is 416 g/mol. The van der Waals surface area contributed by atoms with Gasteiger partial charge < -0.3 is 33.5 Å². The van der Waals surface area contributed by atoms with Gasteiger partial charge in [-0.2, -0.15) is 0 Å². The highest BCUT2D eigenvalue weighted by molar-refractivity contribution is 5.77. The van der Waals surface area contributed by atoms with Crippen LogP contribution in [0.3, 0.4) is 0 Å². The molecule has 0 aromatic heterocycles. The first-order valence-corrected chi connectivity index (χ1v) is 9.27. The Labute approximate surface area is 178 Å². The van der Waals surface area contributed by atoms with Crippen molar-refractivity contribution in [2.24, 2.45) is 0 Å². The van der Waals surface area contributed by atoms with Crippen molar-refractivity contribution >= 4 is 23.9 Å². The molecule has 1 saturated heterocycles. The number of ether oxygens (including phenoxy) is 6. The molecule has 0 bridgehead atoms. The smallest absolute Gasteiger partial charge is 0.339 e. The molecule has 1 aromatic carbocycles. The van der Waals surface area contributed by atoms with Crippen molar-refractivity contribution in [3.05, 3.63) is 29.8 Å². The van der Waals surface area contributed by atoms with E-state index in [9.17, 15) is 19.2 Å². The van der Waals surface area contributed by atoms with Crippen molar-refractivity contribution in [1.29, 1.82) is 0 Å². The predicted molar refractivity (Wildman–Crippen MR) is 100 cm³/mol. The van der Waals surface area contributed by atoms with E-state index in [0.29, 0.717) is 5.56 Å². The van der Waals surface area contributed by atoms with Gasteiger partial charge in [-0.3, -0.25) is 14.4 Å². The van der Waals surface area contributed by atoms with Crippen LogP contribution in [-0.4, -0.2) is 66.8 Å². The van der Waals surface area contributed by atoms with Gasteiger partial charge in [-0.15, -0.1) is 0 Å². The largest absolute Gasteiger partial charge is 0.467 e. The van der Waals surface area contributed by atoms with Gasteiger partial charge in [0.15, 0.2) is 18.3 Å². The molecular formula is C20H24O11. The topological polar surface area (TPSA) is 144 Å². The summed E-state index contributed by atoms with van der Waals surface area (Å²) in [5.41, 5.74) is 0.619. The number of hydrogen-bond donors (Lipinski definition) is 1. The second-order valence-electron chi connectivity index (χ2n) is 6.59. The average Bonchev–Trinajstić information content (AvgIpc) is 2.71. The maximum Gasteiger partial charge on any atom is 0.339 e. The van der Waals surface area contributed by atoms with Gasteiger partial charge >= 0.3 is 23.9 Å². The summed E-state index contributed by atoms with van der Waals surface area (Å²) < 4.78 is 31.8. The zero-order chi connectivity index (χ0) is 23.1. The fourth-order valence-corrected chi connectivity index (χ4v) is 2.98. The Morgan fingerprint density at radius 2 is 1.39 bits per heavy atom. The van der Waals surface area contributed by atoms with E-state index in [-0.39, 0.29) is 12.4 Å². The van der Waals surface area contributed by atoms with E-state index in [2.05, 4.69) is 0 Å². The Morgan fingerprint density at radius 1 is 0.871 bits per heavy atom. The van der Waals surface area contributed by atoms with Gasteiger partial charge in [0.2, 0.25) is 12.4 Å². The lowest BCUT2D eigenvalue weighted by Gasteiger charge is -2.43. The van der Waals surface area contributed by atoms with Crippen LogP contribution in [0.25, 0.3) is 0 Å². The first-order valence-electron chi connectivity index (χ1n) is 9.27. The Balaban J connectivity index is 2.46. The summed E-state index contributed by atoms with van der Waals surface area (Å²) in [6.45, 7) is 3.12. The SMILES string of the molecule is COC(=O)C1OC(Oc2ccc(CO)cc2)C(OC(C)=O)C(OC(C)=O)C1OC(C)=O. The van der Waals surface area contributed by atoms with Crippen LogP contribution < -0.4 is 4.74 Å². The van der Waals surface area contributed by atoms with Crippen LogP contribution in [0.2, 0.25) is 0 Å². The van der Waals surface area contributed by atoms with Gasteiger partial charge in [-0.05, 0) is 17.7 Å². The molecule has 0 spiro atoms. The van der Waals surface area contributed by atoms with Crippen molar-refractivity contribution in [1.82, 2.24) is 0 Å². The molecule has 0 aliphatic carbocycles. The molecule has 1 aliphatic rings. The van der Waals surface area contributed by atoms with Crippen LogP contribution in [-0.2, 0) is 49.5 Å². The fraction of sp³-hybridized carbons (Fsp3) is 0.500. The van der Waals surface area contributed by atoms with E-state index in [0.717, 1.165) is 27.9 Å². The Morgan fingerprint density at radius 3 is 1.87 bits per heavy atom. The van der Waals surface area contributed by atoms with Crippen LogP contribution in [0.4, 0.5) is 0 Å². The van der Waals surface area contributed by atoms with E-state index in [4.69, 9.17) is 33.5 Å². The monoisotopic (exact) mass is 440 g/mol. The number of carbonyl (C=O) groups is 4. The summed E-state index contributed by atoms with van der Waals surface area (Å²) in [7, 11) is 1.10. The summed E-state index contributed by atoms with van der Waals surface area (Å²) in [4.78, 5) is 47.4. The third-order valence-electron chi connectivity index (χ3n) is 4.19. The van der Waals surface area contributed by atoms with Crippen molar-refractivity contribution in [2.45, 2.75) is 58.1 Å². The highest BCUT2D eigenvalue weighted by atomic mass is 16.7. The first-order chi connectivity index (χ1) is 14.7. The highest BCUT2D eigenvalue weighted by Gasteiger charge is 2.55. The molecule has 1 aliphatic heterocycles. The first kappa shape index (κ1) is 24.1. The second kappa shape index (κ2) is 10.7. The molecule has 11 nitrogen and oxygen atoms in total.